The van der Waals surface area contributed by atoms with Gasteiger partial charge in [0.1, 0.15) is 17.5 Å². The van der Waals surface area contributed by atoms with Gasteiger partial charge in [-0.25, -0.2) is 0 Å². The number of rotatable bonds is 3. The van der Waals surface area contributed by atoms with Gasteiger partial charge >= 0.3 is 0 Å². The molecular weight excluding hydrogens is 228 g/mol. The van der Waals surface area contributed by atoms with Crippen LogP contribution in [0.3, 0.4) is 0 Å². The lowest BCUT2D eigenvalue weighted by Crippen LogP contribution is -2.37. The molecule has 0 amide bonds. The van der Waals surface area contributed by atoms with Crippen molar-refractivity contribution in [3.63, 3.8) is 0 Å². The van der Waals surface area contributed by atoms with Gasteiger partial charge in [-0.1, -0.05) is 0 Å². The summed E-state index contributed by atoms with van der Waals surface area (Å²) in [6.45, 7) is 4.00. The minimum atomic E-state index is 0.244. The molecule has 1 N–H and O–H groups in total. The van der Waals surface area contributed by atoms with Gasteiger partial charge in [-0.05, 0) is 32.1 Å². The van der Waals surface area contributed by atoms with E-state index in [1.165, 1.54) is 0 Å². The highest BCUT2D eigenvalue weighted by Gasteiger charge is 2.25. The zero-order valence-corrected chi connectivity index (χ0v) is 11.1. The van der Waals surface area contributed by atoms with E-state index < -0.39 is 0 Å². The second-order valence-corrected chi connectivity index (χ2v) is 4.99. The summed E-state index contributed by atoms with van der Waals surface area (Å²) in [7, 11) is 1.89. The van der Waals surface area contributed by atoms with E-state index >= 15 is 0 Å². The smallest absolute Gasteiger partial charge is 0.144 e. The van der Waals surface area contributed by atoms with Crippen LogP contribution >= 0.6 is 0 Å². The lowest BCUT2D eigenvalue weighted by atomic mass is 9.95. The number of hydrogen-bond acceptors (Lipinski definition) is 4. The average molecular weight is 248 g/mol. The van der Waals surface area contributed by atoms with Crippen molar-refractivity contribution in [3.05, 3.63) is 11.3 Å². The fourth-order valence-corrected chi connectivity index (χ4v) is 2.82. The third kappa shape index (κ3) is 2.34. The molecule has 1 saturated heterocycles. The average Bonchev–Trinajstić information content (AvgIpc) is 2.64. The third-order valence-electron chi connectivity index (χ3n) is 3.66. The van der Waals surface area contributed by atoms with Crippen LogP contribution in [0.25, 0.3) is 0 Å². The summed E-state index contributed by atoms with van der Waals surface area (Å²) in [4.78, 5) is 2.24. The Kier molecular flexibility index (Phi) is 3.87. The highest BCUT2D eigenvalue weighted by Crippen LogP contribution is 2.28. The Labute approximate surface area is 108 Å². The monoisotopic (exact) mass is 248 g/mol. The maximum Gasteiger partial charge on any atom is 0.144 e. The van der Waals surface area contributed by atoms with Gasteiger partial charge in [0.2, 0.25) is 0 Å². The summed E-state index contributed by atoms with van der Waals surface area (Å²) in [5.74, 6) is 1.45. The number of piperidine rings is 1. The molecule has 0 saturated carbocycles. The van der Waals surface area contributed by atoms with Gasteiger partial charge < -0.3 is 10.0 Å². The number of anilines is 1. The largest absolute Gasteiger partial charge is 0.396 e. The Hall–Kier alpha value is -1.54. The van der Waals surface area contributed by atoms with Crippen LogP contribution in [0.1, 0.15) is 30.5 Å². The first-order valence-corrected chi connectivity index (χ1v) is 6.47. The second-order valence-electron chi connectivity index (χ2n) is 4.99. The van der Waals surface area contributed by atoms with E-state index in [-0.39, 0.29) is 6.61 Å². The molecule has 18 heavy (non-hydrogen) atoms. The van der Waals surface area contributed by atoms with Crippen LogP contribution in [0.5, 0.6) is 0 Å². The minimum Gasteiger partial charge on any atom is -0.396 e. The maximum atomic E-state index is 9.24. The number of aryl methyl sites for hydroxylation is 2. The number of hydrogen-bond donors (Lipinski definition) is 1. The van der Waals surface area contributed by atoms with Crippen molar-refractivity contribution in [1.29, 1.82) is 5.26 Å². The Morgan fingerprint density at radius 1 is 1.56 bits per heavy atom. The first kappa shape index (κ1) is 12.9. The first-order chi connectivity index (χ1) is 8.67. The zero-order chi connectivity index (χ0) is 13.1. The first-order valence-electron chi connectivity index (χ1n) is 6.47. The van der Waals surface area contributed by atoms with Crippen LogP contribution in [0.15, 0.2) is 0 Å². The molecule has 98 valence electrons. The van der Waals surface area contributed by atoms with E-state index in [0.29, 0.717) is 11.5 Å². The molecule has 1 aromatic rings. The van der Waals surface area contributed by atoms with E-state index in [4.69, 9.17) is 5.11 Å². The van der Waals surface area contributed by atoms with Crippen molar-refractivity contribution in [2.24, 2.45) is 13.0 Å². The van der Waals surface area contributed by atoms with Gasteiger partial charge in [0.05, 0.1) is 5.69 Å². The van der Waals surface area contributed by atoms with Crippen molar-refractivity contribution < 1.29 is 5.11 Å². The Morgan fingerprint density at radius 2 is 2.33 bits per heavy atom. The van der Waals surface area contributed by atoms with E-state index in [2.05, 4.69) is 16.1 Å². The van der Waals surface area contributed by atoms with Gasteiger partial charge in [-0.15, -0.1) is 0 Å². The number of aliphatic hydroxyl groups excluding tert-OH is 1. The molecule has 2 rings (SSSR count). The fourth-order valence-electron chi connectivity index (χ4n) is 2.82. The van der Waals surface area contributed by atoms with Crippen molar-refractivity contribution in [1.82, 2.24) is 9.78 Å². The van der Waals surface area contributed by atoms with E-state index in [9.17, 15) is 5.26 Å². The van der Waals surface area contributed by atoms with Gasteiger partial charge in [-0.2, -0.15) is 10.4 Å². The summed E-state index contributed by atoms with van der Waals surface area (Å²) in [5.41, 5.74) is 1.47. The molecule has 1 atom stereocenters. The minimum absolute atomic E-state index is 0.244. The van der Waals surface area contributed by atoms with Gasteiger partial charge in [0.25, 0.3) is 0 Å². The van der Waals surface area contributed by atoms with Crippen LogP contribution in [0.2, 0.25) is 0 Å². The predicted molar refractivity (Wildman–Crippen MR) is 69.3 cm³/mol. The molecule has 1 aliphatic heterocycles. The fraction of sp³-hybridized carbons (Fsp3) is 0.692. The molecule has 5 nitrogen and oxygen atoms in total. The normalized spacial score (nSPS) is 19.9. The number of nitriles is 1. The molecule has 0 spiro atoms. The highest BCUT2D eigenvalue weighted by molar-refractivity contribution is 5.57. The standard InChI is InChI=1S/C13H20N4O/c1-10-12(8-14)13(16(2)15-10)17-6-3-4-11(9-17)5-7-18/h11,18H,3-7,9H2,1-2H3. The zero-order valence-electron chi connectivity index (χ0n) is 11.1. The molecule has 0 aliphatic carbocycles. The van der Waals surface area contributed by atoms with E-state index in [1.807, 2.05) is 14.0 Å². The number of aromatic nitrogens is 2. The molecular formula is C13H20N4O. The summed E-state index contributed by atoms with van der Waals surface area (Å²) in [5, 5.41) is 22.6. The lowest BCUT2D eigenvalue weighted by molar-refractivity contribution is 0.244. The van der Waals surface area contributed by atoms with Crippen LogP contribution in [-0.4, -0.2) is 34.6 Å². The molecule has 0 radical (unpaired) electrons. The van der Waals surface area contributed by atoms with Crippen LogP contribution < -0.4 is 4.90 Å². The van der Waals surface area contributed by atoms with Gasteiger partial charge in [0.15, 0.2) is 0 Å². The van der Waals surface area contributed by atoms with Crippen molar-refractivity contribution in [2.75, 3.05) is 24.6 Å². The molecule has 0 bridgehead atoms. The van der Waals surface area contributed by atoms with Crippen molar-refractivity contribution in [3.8, 4) is 6.07 Å². The molecule has 1 aliphatic rings. The van der Waals surface area contributed by atoms with Crippen LogP contribution in [0.4, 0.5) is 5.82 Å². The molecule has 1 fully saturated rings. The summed E-state index contributed by atoms with van der Waals surface area (Å²) in [6.07, 6.45) is 3.12. The lowest BCUT2D eigenvalue weighted by Gasteiger charge is -2.34. The summed E-state index contributed by atoms with van der Waals surface area (Å²) >= 11 is 0. The van der Waals surface area contributed by atoms with E-state index in [0.717, 1.165) is 43.9 Å². The third-order valence-corrected chi connectivity index (χ3v) is 3.66. The van der Waals surface area contributed by atoms with Crippen molar-refractivity contribution >= 4 is 5.82 Å². The summed E-state index contributed by atoms with van der Waals surface area (Å²) < 4.78 is 1.80. The quantitative estimate of drug-likeness (QED) is 0.873. The Morgan fingerprint density at radius 3 is 3.00 bits per heavy atom. The predicted octanol–water partition coefficient (Wildman–Crippen LogP) is 1.20. The Balaban J connectivity index is 2.23. The number of nitrogens with zero attached hydrogens (tertiary/aromatic N) is 4. The van der Waals surface area contributed by atoms with Crippen LogP contribution in [-0.2, 0) is 7.05 Å². The molecule has 0 aromatic carbocycles. The Bertz CT molecular complexity index is 458. The van der Waals surface area contributed by atoms with E-state index in [1.54, 1.807) is 4.68 Å². The maximum absolute atomic E-state index is 9.24. The SMILES string of the molecule is Cc1nn(C)c(N2CCCC(CCO)C2)c1C#N. The van der Waals surface area contributed by atoms with Gasteiger partial charge in [-0.3, -0.25) is 4.68 Å². The van der Waals surface area contributed by atoms with Gasteiger partial charge in [0, 0.05) is 26.7 Å². The van der Waals surface area contributed by atoms with Crippen LogP contribution in [0, 0.1) is 24.2 Å². The topological polar surface area (TPSA) is 65.1 Å². The molecule has 5 heteroatoms. The van der Waals surface area contributed by atoms with Crippen molar-refractivity contribution in [2.45, 2.75) is 26.2 Å². The number of aliphatic hydroxyl groups is 1. The molecule has 1 aromatic heterocycles. The second kappa shape index (κ2) is 5.40. The highest BCUT2D eigenvalue weighted by atomic mass is 16.3. The molecule has 1 unspecified atom stereocenters. The molecule has 2 heterocycles. The summed E-state index contributed by atoms with van der Waals surface area (Å²) in [6, 6.07) is 2.25.